The minimum Gasteiger partial charge on any atom is -0.726 e. The Bertz CT molecular complexity index is 981. The van der Waals surface area contributed by atoms with Crippen LogP contribution in [0.15, 0.2) is 35.8 Å². The van der Waals surface area contributed by atoms with E-state index in [1.807, 2.05) is 30.5 Å². The van der Waals surface area contributed by atoms with Gasteiger partial charge in [-0.15, -0.1) is 0 Å². The quantitative estimate of drug-likeness (QED) is 0.394. The Hall–Kier alpha value is -1.72. The van der Waals surface area contributed by atoms with Crippen LogP contribution in [0.1, 0.15) is 0 Å². The normalized spacial score (nSPS) is 11.0. The molecule has 0 radical (unpaired) electrons. The second-order valence-corrected chi connectivity index (χ2v) is 7.54. The number of fused-ring (bicyclic) bond motifs is 1. The van der Waals surface area contributed by atoms with Gasteiger partial charge in [0.2, 0.25) is 10.4 Å². The van der Waals surface area contributed by atoms with Crippen LogP contribution in [0.3, 0.4) is 0 Å². The van der Waals surface area contributed by atoms with Gasteiger partial charge in [-0.05, 0) is 12.1 Å². The van der Waals surface area contributed by atoms with Crippen LogP contribution >= 0.6 is 22.7 Å². The van der Waals surface area contributed by atoms with Crippen molar-refractivity contribution in [3.63, 3.8) is 0 Å². The van der Waals surface area contributed by atoms with E-state index in [0.717, 1.165) is 16.7 Å². The first-order chi connectivity index (χ1) is 10.7. The molecule has 0 aliphatic rings. The van der Waals surface area contributed by atoms with Crippen molar-refractivity contribution < 1.29 is 17.5 Å². The number of hydrogen-bond acceptors (Lipinski definition) is 7. The molecule has 3 rings (SSSR count). The second-order valence-electron chi connectivity index (χ2n) is 4.53. The lowest BCUT2D eigenvalue weighted by Gasteiger charge is -1.98. The van der Waals surface area contributed by atoms with E-state index in [4.69, 9.17) is 17.5 Å². The highest BCUT2D eigenvalue weighted by Gasteiger charge is 2.07. The summed E-state index contributed by atoms with van der Waals surface area (Å²) in [5, 5.41) is 2.14. The molecule has 0 aliphatic carbocycles. The second kappa shape index (κ2) is 7.23. The Labute approximate surface area is 140 Å². The van der Waals surface area contributed by atoms with E-state index in [9.17, 15) is 0 Å². The van der Waals surface area contributed by atoms with Crippen molar-refractivity contribution in [1.82, 2.24) is 14.5 Å². The standard InChI is InChI=1S/C13H12N3S2.H2O4S/c1-16(2)13-17-8-12(18-13)11-7-14-9-5-3-4-6-10(9)15-11;1-5(2,3)4/h3-8H,1-2H3;(H2,1,2,3,4)/q+1;/p-1. The van der Waals surface area contributed by atoms with Gasteiger partial charge in [-0.2, -0.15) is 0 Å². The highest BCUT2D eigenvalue weighted by molar-refractivity contribution is 7.79. The molecule has 7 nitrogen and oxygen atoms in total. The number of para-hydroxylation sites is 2. The lowest BCUT2D eigenvalue weighted by molar-refractivity contribution is 0.366. The minimum atomic E-state index is -4.92. The molecule has 0 aliphatic heterocycles. The first-order valence-electron chi connectivity index (χ1n) is 6.23. The molecule has 1 aromatic carbocycles. The van der Waals surface area contributed by atoms with Gasteiger partial charge in [0, 0.05) is 5.38 Å². The Balaban J connectivity index is 0.000000338. The van der Waals surface area contributed by atoms with E-state index in [0.29, 0.717) is 0 Å². The van der Waals surface area contributed by atoms with Gasteiger partial charge in [0.1, 0.15) is 19.8 Å². The third-order valence-electron chi connectivity index (χ3n) is 2.53. The molecule has 0 unspecified atom stereocenters. The topological polar surface area (TPSA) is 106 Å². The molecule has 0 amide bonds. The van der Waals surface area contributed by atoms with Crippen molar-refractivity contribution in [2.75, 3.05) is 14.1 Å². The zero-order valence-electron chi connectivity index (χ0n) is 12.2. The average Bonchev–Trinajstić information content (AvgIpc) is 2.95. The maximum Gasteiger partial charge on any atom is 0.314 e. The van der Waals surface area contributed by atoms with E-state index in [2.05, 4.69) is 34.0 Å². The summed E-state index contributed by atoms with van der Waals surface area (Å²) in [6, 6.07) is 7.95. The SMILES string of the molecule is C[N+](C)=c1scc(-c2cnc3ccccc3n2)s1.O=S(=O)([O-])O. The van der Waals surface area contributed by atoms with Gasteiger partial charge >= 0.3 is 3.98 Å². The lowest BCUT2D eigenvalue weighted by Crippen LogP contribution is -2.14. The molecule has 0 saturated carbocycles. The molecule has 0 spiro atoms. The smallest absolute Gasteiger partial charge is 0.314 e. The monoisotopic (exact) mass is 371 g/mol. The lowest BCUT2D eigenvalue weighted by atomic mass is 10.3. The van der Waals surface area contributed by atoms with Crippen molar-refractivity contribution in [3.05, 3.63) is 39.8 Å². The molecule has 2 heterocycles. The van der Waals surface area contributed by atoms with Crippen molar-refractivity contribution in [1.29, 1.82) is 0 Å². The summed E-state index contributed by atoms with van der Waals surface area (Å²) in [7, 11) is -0.809. The van der Waals surface area contributed by atoms with E-state index < -0.39 is 10.4 Å². The first-order valence-corrected chi connectivity index (χ1v) is 9.29. The van der Waals surface area contributed by atoms with E-state index in [1.54, 1.807) is 22.7 Å². The van der Waals surface area contributed by atoms with Crippen molar-refractivity contribution in [2.45, 2.75) is 0 Å². The molecular formula is C13H13N3O4S3. The van der Waals surface area contributed by atoms with Crippen LogP contribution in [0.4, 0.5) is 0 Å². The van der Waals surface area contributed by atoms with E-state index in [-0.39, 0.29) is 0 Å². The van der Waals surface area contributed by atoms with Gasteiger partial charge in [-0.3, -0.25) is 9.54 Å². The summed E-state index contributed by atoms with van der Waals surface area (Å²) in [5.41, 5.74) is 2.83. The maximum atomic E-state index is 8.63. The minimum absolute atomic E-state index is 0.939. The van der Waals surface area contributed by atoms with Gasteiger partial charge in [-0.1, -0.05) is 34.8 Å². The Morgan fingerprint density at radius 1 is 1.22 bits per heavy atom. The van der Waals surface area contributed by atoms with E-state index in [1.165, 1.54) is 8.86 Å². The summed E-state index contributed by atoms with van der Waals surface area (Å²) in [6.07, 6.45) is 1.85. The highest BCUT2D eigenvalue weighted by atomic mass is 32.3. The molecule has 0 atom stereocenters. The van der Waals surface area contributed by atoms with Crippen molar-refractivity contribution in [3.8, 4) is 10.6 Å². The van der Waals surface area contributed by atoms with Gasteiger partial charge < -0.3 is 4.55 Å². The highest BCUT2D eigenvalue weighted by Crippen LogP contribution is 2.22. The third kappa shape index (κ3) is 5.44. The molecule has 1 N–H and O–H groups in total. The summed E-state index contributed by atoms with van der Waals surface area (Å²) < 4.78 is 36.2. The molecule has 23 heavy (non-hydrogen) atoms. The Morgan fingerprint density at radius 2 is 1.83 bits per heavy atom. The van der Waals surface area contributed by atoms with Crippen molar-refractivity contribution >= 4 is 44.1 Å². The summed E-state index contributed by atoms with van der Waals surface area (Å²) in [6.45, 7) is 0. The van der Waals surface area contributed by atoms with Crippen LogP contribution in [0.25, 0.3) is 21.6 Å². The Morgan fingerprint density at radius 3 is 2.39 bits per heavy atom. The van der Waals surface area contributed by atoms with Gasteiger partial charge in [-0.25, -0.2) is 18.0 Å². The zero-order valence-corrected chi connectivity index (χ0v) is 14.7. The summed E-state index contributed by atoms with van der Waals surface area (Å²) in [4.78, 5) is 10.3. The summed E-state index contributed by atoms with van der Waals surface area (Å²) >= 11 is 3.48. The fourth-order valence-corrected chi connectivity index (χ4v) is 3.69. The molecule has 0 saturated heterocycles. The predicted octanol–water partition coefficient (Wildman–Crippen LogP) is 1.46. The molecule has 0 bridgehead atoms. The number of rotatable bonds is 1. The fraction of sp³-hybridized carbons (Fsp3) is 0.154. The largest absolute Gasteiger partial charge is 0.726 e. The molecule has 122 valence electrons. The van der Waals surface area contributed by atoms with E-state index >= 15 is 0 Å². The van der Waals surface area contributed by atoms with Crippen LogP contribution in [-0.2, 0) is 10.4 Å². The van der Waals surface area contributed by atoms with Crippen LogP contribution < -0.4 is 8.56 Å². The zero-order chi connectivity index (χ0) is 17.0. The van der Waals surface area contributed by atoms with Crippen LogP contribution in [0.2, 0.25) is 0 Å². The van der Waals surface area contributed by atoms with Gasteiger partial charge in [0.15, 0.2) is 0 Å². The fourth-order valence-electron chi connectivity index (χ4n) is 1.63. The average molecular weight is 371 g/mol. The van der Waals surface area contributed by atoms with Crippen LogP contribution in [-0.4, -0.2) is 41.6 Å². The number of hydrogen-bond donors (Lipinski definition) is 1. The van der Waals surface area contributed by atoms with Crippen molar-refractivity contribution in [2.24, 2.45) is 0 Å². The molecule has 3 aromatic rings. The van der Waals surface area contributed by atoms with Gasteiger partial charge in [0.25, 0.3) is 0 Å². The Kier molecular flexibility index (Phi) is 5.55. The number of aromatic nitrogens is 2. The molecular weight excluding hydrogens is 358 g/mol. The molecule has 2 aromatic heterocycles. The van der Waals surface area contributed by atoms with Crippen LogP contribution in [0, 0.1) is 0 Å². The van der Waals surface area contributed by atoms with Gasteiger partial charge in [0.05, 0.1) is 22.1 Å². The predicted molar refractivity (Wildman–Crippen MR) is 90.2 cm³/mol. The molecule has 10 heteroatoms. The van der Waals surface area contributed by atoms with Crippen LogP contribution in [0.5, 0.6) is 0 Å². The number of benzene rings is 1. The third-order valence-corrected chi connectivity index (χ3v) is 5.23. The first kappa shape index (κ1) is 17.6. The number of nitrogens with zero attached hydrogens (tertiary/aromatic N) is 3. The summed E-state index contributed by atoms with van der Waals surface area (Å²) in [5.74, 6) is 0. The molecule has 0 fully saturated rings. The maximum absolute atomic E-state index is 8.63.